The van der Waals surface area contributed by atoms with E-state index in [1.54, 1.807) is 28.4 Å². The van der Waals surface area contributed by atoms with E-state index < -0.39 is 5.54 Å². The number of nitrogens with zero attached hydrogens (tertiary/aromatic N) is 2. The van der Waals surface area contributed by atoms with Crippen molar-refractivity contribution in [2.24, 2.45) is 0 Å². The summed E-state index contributed by atoms with van der Waals surface area (Å²) in [6, 6.07) is 21.9. The zero-order valence-corrected chi connectivity index (χ0v) is 20.2. The summed E-state index contributed by atoms with van der Waals surface area (Å²) in [7, 11) is 0. The van der Waals surface area contributed by atoms with Crippen LogP contribution in [0.25, 0.3) is 6.08 Å². The second-order valence-electron chi connectivity index (χ2n) is 9.29. The Hall–Kier alpha value is -3.18. The first-order chi connectivity index (χ1) is 15.8. The summed E-state index contributed by atoms with van der Waals surface area (Å²) in [6.07, 6.45) is 4.21. The van der Waals surface area contributed by atoms with Gasteiger partial charge in [-0.25, -0.2) is 0 Å². The van der Waals surface area contributed by atoms with Crippen LogP contribution >= 0.6 is 11.3 Å². The third-order valence-electron chi connectivity index (χ3n) is 5.99. The number of thiophene rings is 1. The van der Waals surface area contributed by atoms with Crippen molar-refractivity contribution in [2.45, 2.75) is 38.8 Å². The van der Waals surface area contributed by atoms with E-state index >= 15 is 0 Å². The predicted molar refractivity (Wildman–Crippen MR) is 135 cm³/mol. The summed E-state index contributed by atoms with van der Waals surface area (Å²) in [6.45, 7) is 6.60. The molecule has 3 aromatic rings. The molecule has 0 radical (unpaired) electrons. The SMILES string of the molecule is CC(C)(C)N(CC(=O)N1CCc2sccc2C1c1ccccc1)C(=O)C=Cc1ccccc1. The van der Waals surface area contributed by atoms with Crippen molar-refractivity contribution in [3.8, 4) is 0 Å². The van der Waals surface area contributed by atoms with Gasteiger partial charge < -0.3 is 9.80 Å². The van der Waals surface area contributed by atoms with Gasteiger partial charge in [-0.3, -0.25) is 9.59 Å². The average Bonchev–Trinajstić information content (AvgIpc) is 3.29. The van der Waals surface area contributed by atoms with Gasteiger partial charge in [-0.2, -0.15) is 0 Å². The molecule has 0 saturated carbocycles. The van der Waals surface area contributed by atoms with E-state index in [2.05, 4.69) is 23.6 Å². The third kappa shape index (κ3) is 5.25. The van der Waals surface area contributed by atoms with Crippen LogP contribution in [-0.2, 0) is 16.0 Å². The molecule has 4 nitrogen and oxygen atoms in total. The summed E-state index contributed by atoms with van der Waals surface area (Å²) in [4.78, 5) is 31.8. The van der Waals surface area contributed by atoms with E-state index in [1.165, 1.54) is 10.4 Å². The predicted octanol–water partition coefficient (Wildman–Crippen LogP) is 5.56. The smallest absolute Gasteiger partial charge is 0.247 e. The molecule has 0 fully saturated rings. The van der Waals surface area contributed by atoms with E-state index in [9.17, 15) is 9.59 Å². The minimum atomic E-state index is -0.487. The lowest BCUT2D eigenvalue weighted by Gasteiger charge is -2.40. The van der Waals surface area contributed by atoms with Gasteiger partial charge in [-0.05, 0) is 61.4 Å². The number of hydrogen-bond donors (Lipinski definition) is 0. The molecule has 170 valence electrons. The quantitative estimate of drug-likeness (QED) is 0.470. The van der Waals surface area contributed by atoms with Crippen molar-refractivity contribution in [3.63, 3.8) is 0 Å². The summed E-state index contributed by atoms with van der Waals surface area (Å²) in [5.41, 5.74) is 2.77. The molecule has 4 rings (SSSR count). The molecule has 1 unspecified atom stereocenters. The second-order valence-corrected chi connectivity index (χ2v) is 10.3. The highest BCUT2D eigenvalue weighted by atomic mass is 32.1. The zero-order chi connectivity index (χ0) is 23.4. The Kier molecular flexibility index (Phi) is 6.80. The van der Waals surface area contributed by atoms with Gasteiger partial charge >= 0.3 is 0 Å². The Morgan fingerprint density at radius 3 is 2.36 bits per heavy atom. The van der Waals surface area contributed by atoms with Gasteiger partial charge in [0.15, 0.2) is 0 Å². The Bertz CT molecular complexity index is 1130. The van der Waals surface area contributed by atoms with E-state index in [-0.39, 0.29) is 24.4 Å². The van der Waals surface area contributed by atoms with Crippen LogP contribution in [0, 0.1) is 0 Å². The highest BCUT2D eigenvalue weighted by Crippen LogP contribution is 2.38. The lowest BCUT2D eigenvalue weighted by Crippen LogP contribution is -2.52. The van der Waals surface area contributed by atoms with Gasteiger partial charge in [-0.15, -0.1) is 11.3 Å². The van der Waals surface area contributed by atoms with Crippen molar-refractivity contribution in [1.29, 1.82) is 0 Å². The van der Waals surface area contributed by atoms with Gasteiger partial charge in [0.25, 0.3) is 0 Å². The van der Waals surface area contributed by atoms with Gasteiger partial charge in [-0.1, -0.05) is 60.7 Å². The zero-order valence-electron chi connectivity index (χ0n) is 19.4. The number of carbonyl (C=O) groups is 2. The Morgan fingerprint density at radius 1 is 1.03 bits per heavy atom. The van der Waals surface area contributed by atoms with Crippen molar-refractivity contribution in [3.05, 3.63) is 99.8 Å². The number of carbonyl (C=O) groups excluding carboxylic acids is 2. The molecule has 0 N–H and O–H groups in total. The maximum atomic E-state index is 13.7. The minimum absolute atomic E-state index is 0.0305. The molecule has 1 aliphatic heterocycles. The molecular weight excluding hydrogens is 428 g/mol. The molecule has 1 atom stereocenters. The third-order valence-corrected chi connectivity index (χ3v) is 6.99. The lowest BCUT2D eigenvalue weighted by molar-refractivity contribution is -0.143. The molecule has 0 bridgehead atoms. The molecule has 2 amide bonds. The molecule has 2 aromatic carbocycles. The van der Waals surface area contributed by atoms with Crippen LogP contribution in [0.4, 0.5) is 0 Å². The van der Waals surface area contributed by atoms with Crippen LogP contribution in [0.5, 0.6) is 0 Å². The van der Waals surface area contributed by atoms with Crippen LogP contribution in [0.3, 0.4) is 0 Å². The molecule has 5 heteroatoms. The van der Waals surface area contributed by atoms with Crippen LogP contribution in [0.2, 0.25) is 0 Å². The van der Waals surface area contributed by atoms with Crippen molar-refractivity contribution in [2.75, 3.05) is 13.1 Å². The largest absolute Gasteiger partial charge is 0.330 e. The molecule has 2 heterocycles. The number of benzene rings is 2. The molecule has 1 aliphatic rings. The average molecular weight is 459 g/mol. The lowest BCUT2D eigenvalue weighted by atomic mass is 9.93. The van der Waals surface area contributed by atoms with Crippen molar-refractivity contribution in [1.82, 2.24) is 9.80 Å². The highest BCUT2D eigenvalue weighted by Gasteiger charge is 2.35. The van der Waals surface area contributed by atoms with Crippen LogP contribution in [-0.4, -0.2) is 40.2 Å². The summed E-state index contributed by atoms with van der Waals surface area (Å²) >= 11 is 1.75. The molecule has 33 heavy (non-hydrogen) atoms. The normalized spacial score (nSPS) is 16.0. The van der Waals surface area contributed by atoms with Gasteiger partial charge in [0.2, 0.25) is 11.8 Å². The van der Waals surface area contributed by atoms with E-state index in [1.807, 2.05) is 74.2 Å². The summed E-state index contributed by atoms with van der Waals surface area (Å²) in [5.74, 6) is -0.193. The monoisotopic (exact) mass is 458 g/mol. The maximum absolute atomic E-state index is 13.7. The summed E-state index contributed by atoms with van der Waals surface area (Å²) < 4.78 is 0. The fourth-order valence-electron chi connectivity index (χ4n) is 4.27. The first-order valence-corrected chi connectivity index (χ1v) is 12.2. The fraction of sp³-hybridized carbons (Fsp3) is 0.286. The molecule has 1 aromatic heterocycles. The Balaban J connectivity index is 1.58. The maximum Gasteiger partial charge on any atom is 0.247 e. The molecule has 0 spiro atoms. The van der Waals surface area contributed by atoms with Gasteiger partial charge in [0.1, 0.15) is 6.54 Å². The van der Waals surface area contributed by atoms with E-state index in [4.69, 9.17) is 0 Å². The van der Waals surface area contributed by atoms with Crippen LogP contribution in [0.15, 0.2) is 78.2 Å². The number of rotatable bonds is 5. The summed E-state index contributed by atoms with van der Waals surface area (Å²) in [5, 5.41) is 2.11. The standard InChI is InChI=1S/C28H30N2O2S/c1-28(2,3)30(25(31)15-14-21-10-6-4-7-11-21)20-26(32)29-18-16-24-23(17-19-33-24)27(29)22-12-8-5-9-13-22/h4-15,17,19,27H,16,18,20H2,1-3H3. The minimum Gasteiger partial charge on any atom is -0.330 e. The first-order valence-electron chi connectivity index (χ1n) is 11.3. The van der Waals surface area contributed by atoms with Crippen LogP contribution < -0.4 is 0 Å². The number of hydrogen-bond acceptors (Lipinski definition) is 3. The van der Waals surface area contributed by atoms with E-state index in [0.717, 1.165) is 17.5 Å². The van der Waals surface area contributed by atoms with Gasteiger partial charge in [0, 0.05) is 23.0 Å². The topological polar surface area (TPSA) is 40.6 Å². The molecular formula is C28H30N2O2S. The molecule has 0 saturated heterocycles. The highest BCUT2D eigenvalue weighted by molar-refractivity contribution is 7.10. The van der Waals surface area contributed by atoms with Gasteiger partial charge in [0.05, 0.1) is 6.04 Å². The van der Waals surface area contributed by atoms with Crippen LogP contribution in [0.1, 0.15) is 48.4 Å². The van der Waals surface area contributed by atoms with Crippen molar-refractivity contribution < 1.29 is 9.59 Å². The molecule has 0 aliphatic carbocycles. The van der Waals surface area contributed by atoms with Crippen molar-refractivity contribution >= 4 is 29.2 Å². The second kappa shape index (κ2) is 9.75. The van der Waals surface area contributed by atoms with E-state index in [0.29, 0.717) is 6.54 Å². The Labute approximate surface area is 200 Å². The fourth-order valence-corrected chi connectivity index (χ4v) is 5.18. The number of fused-ring (bicyclic) bond motifs is 1. The number of amides is 2. The Morgan fingerprint density at radius 2 is 1.70 bits per heavy atom. The first kappa shape index (κ1) is 23.0.